The molecule has 4 heterocycles. The first-order chi connectivity index (χ1) is 19.5. The molecule has 14 nitrogen and oxygen atoms in total. The van der Waals surface area contributed by atoms with E-state index in [4.69, 9.17) is 19.6 Å². The van der Waals surface area contributed by atoms with Gasteiger partial charge >= 0.3 is 7.82 Å². The second-order valence-electron chi connectivity index (χ2n) is 9.64. The molecule has 1 saturated carbocycles. The molecule has 41 heavy (non-hydrogen) atoms. The van der Waals surface area contributed by atoms with E-state index >= 15 is 0 Å². The summed E-state index contributed by atoms with van der Waals surface area (Å²) >= 11 is 1.24. The molecule has 220 valence electrons. The molecule has 0 bridgehead atoms. The third-order valence-corrected chi connectivity index (χ3v) is 7.05. The highest BCUT2D eigenvalue weighted by atomic mass is 32.1. The summed E-state index contributed by atoms with van der Waals surface area (Å²) in [7, 11) is 1.38. The normalized spacial score (nSPS) is 16.7. The van der Waals surface area contributed by atoms with Crippen LogP contribution in [0.5, 0.6) is 0 Å². The van der Waals surface area contributed by atoms with Crippen LogP contribution in [0.1, 0.15) is 36.3 Å². The van der Waals surface area contributed by atoms with Crippen LogP contribution in [-0.2, 0) is 20.6 Å². The summed E-state index contributed by atoms with van der Waals surface area (Å²) < 4.78 is 24.1. The summed E-state index contributed by atoms with van der Waals surface area (Å²) in [6.07, 6.45) is 8.41. The second kappa shape index (κ2) is 13.6. The number of pyridine rings is 1. The maximum absolute atomic E-state index is 13.1. The first-order valence-electron chi connectivity index (χ1n) is 12.7. The SMILES string of the molecule is CCOC1CC(n2cc(NC(=O)c3csc(-c4cnn(COP(=O)(O)O)c4)n3)c(-c3ccccn3)n2)C1.CN(C)C. The van der Waals surface area contributed by atoms with Crippen LogP contribution in [-0.4, -0.2) is 84.0 Å². The Morgan fingerprint density at radius 3 is 2.66 bits per heavy atom. The highest BCUT2D eigenvalue weighted by Crippen LogP contribution is 2.37. The molecule has 0 spiro atoms. The van der Waals surface area contributed by atoms with Crippen LogP contribution in [0.15, 0.2) is 48.4 Å². The van der Waals surface area contributed by atoms with E-state index < -0.39 is 20.5 Å². The lowest BCUT2D eigenvalue weighted by atomic mass is 9.89. The van der Waals surface area contributed by atoms with Crippen molar-refractivity contribution in [3.8, 4) is 22.0 Å². The molecular weight excluding hydrogens is 571 g/mol. The van der Waals surface area contributed by atoms with E-state index in [0.717, 1.165) is 12.8 Å². The van der Waals surface area contributed by atoms with Gasteiger partial charge in [0.1, 0.15) is 16.4 Å². The Bertz CT molecular complexity index is 1480. The smallest absolute Gasteiger partial charge is 0.378 e. The Morgan fingerprint density at radius 1 is 1.24 bits per heavy atom. The van der Waals surface area contributed by atoms with Crippen LogP contribution in [0.4, 0.5) is 5.69 Å². The van der Waals surface area contributed by atoms with Gasteiger partial charge in [0, 0.05) is 36.1 Å². The summed E-state index contributed by atoms with van der Waals surface area (Å²) in [6, 6.07) is 5.69. The molecule has 0 unspecified atom stereocenters. The Labute approximate surface area is 241 Å². The third-order valence-electron chi connectivity index (χ3n) is 5.71. The van der Waals surface area contributed by atoms with Gasteiger partial charge in [0.15, 0.2) is 6.73 Å². The number of nitrogens with zero attached hydrogens (tertiary/aromatic N) is 7. The lowest BCUT2D eigenvalue weighted by Crippen LogP contribution is -2.33. The van der Waals surface area contributed by atoms with Crippen molar-refractivity contribution in [2.45, 2.75) is 38.6 Å². The lowest BCUT2D eigenvalue weighted by molar-refractivity contribution is -0.0226. The maximum atomic E-state index is 13.1. The van der Waals surface area contributed by atoms with E-state index in [9.17, 15) is 9.36 Å². The number of carbonyl (C=O) groups is 1. The number of rotatable bonds is 10. The molecule has 5 rings (SSSR count). The molecule has 4 aromatic heterocycles. The quantitative estimate of drug-likeness (QED) is 0.226. The summed E-state index contributed by atoms with van der Waals surface area (Å²) in [5.74, 6) is -0.405. The zero-order valence-corrected chi connectivity index (χ0v) is 24.8. The van der Waals surface area contributed by atoms with Gasteiger partial charge in [-0.15, -0.1) is 11.3 Å². The van der Waals surface area contributed by atoms with Gasteiger partial charge in [-0.2, -0.15) is 10.2 Å². The first kappa shape index (κ1) is 30.7. The molecule has 1 amide bonds. The minimum Gasteiger partial charge on any atom is -0.378 e. The summed E-state index contributed by atoms with van der Waals surface area (Å²) in [5, 5.41) is 13.8. The van der Waals surface area contributed by atoms with Crippen LogP contribution in [0, 0.1) is 0 Å². The van der Waals surface area contributed by atoms with Crippen molar-refractivity contribution < 1.29 is 28.4 Å². The van der Waals surface area contributed by atoms with Crippen molar-refractivity contribution in [3.05, 3.63) is 54.1 Å². The first-order valence-corrected chi connectivity index (χ1v) is 15.2. The van der Waals surface area contributed by atoms with Crippen LogP contribution in [0.2, 0.25) is 0 Å². The average Bonchev–Trinajstić information content (AvgIpc) is 3.64. The van der Waals surface area contributed by atoms with Crippen molar-refractivity contribution in [3.63, 3.8) is 0 Å². The molecule has 1 aliphatic carbocycles. The molecule has 0 radical (unpaired) electrons. The van der Waals surface area contributed by atoms with Crippen LogP contribution in [0.3, 0.4) is 0 Å². The minimum atomic E-state index is -4.62. The van der Waals surface area contributed by atoms with E-state index in [1.165, 1.54) is 28.4 Å². The van der Waals surface area contributed by atoms with Gasteiger partial charge in [0.05, 0.1) is 29.7 Å². The van der Waals surface area contributed by atoms with Crippen molar-refractivity contribution in [2.24, 2.45) is 0 Å². The molecule has 1 aliphatic rings. The summed E-state index contributed by atoms with van der Waals surface area (Å²) in [4.78, 5) is 41.6. The molecule has 1 fully saturated rings. The fourth-order valence-corrected chi connectivity index (χ4v) is 4.91. The van der Waals surface area contributed by atoms with Crippen LogP contribution >= 0.6 is 19.2 Å². The number of ether oxygens (including phenoxy) is 1. The van der Waals surface area contributed by atoms with Gasteiger partial charge in [0.2, 0.25) is 0 Å². The number of phosphoric acid groups is 1. The Kier molecular flexibility index (Phi) is 10.1. The average molecular weight is 605 g/mol. The largest absolute Gasteiger partial charge is 0.471 e. The van der Waals surface area contributed by atoms with Gasteiger partial charge in [-0.3, -0.25) is 19.0 Å². The van der Waals surface area contributed by atoms with Crippen molar-refractivity contribution in [1.29, 1.82) is 0 Å². The summed E-state index contributed by atoms with van der Waals surface area (Å²) in [5.41, 5.74) is 2.52. The number of hydrogen-bond acceptors (Lipinski definition) is 10. The zero-order valence-electron chi connectivity index (χ0n) is 23.1. The Balaban J connectivity index is 0.000000909. The van der Waals surface area contributed by atoms with Crippen LogP contribution in [0.25, 0.3) is 22.0 Å². The Morgan fingerprint density at radius 2 is 2.00 bits per heavy atom. The standard InChI is InChI=1S/C22H24N7O6PS.C3H9N/c1-2-34-16-7-15(8-16)29-11-18(20(27-29)17-5-3-4-6-23-17)25-21(30)19-12-37-22(26-19)14-9-24-28(10-14)13-35-36(31,32)33;1-4(2)3/h3-6,9-12,15-16H,2,7-8,13H2,1H3,(H,25,30)(H2,31,32,33);1-3H3. The minimum absolute atomic E-state index is 0.182. The lowest BCUT2D eigenvalue weighted by Gasteiger charge is -2.34. The van der Waals surface area contributed by atoms with Gasteiger partial charge in [-0.1, -0.05) is 6.07 Å². The van der Waals surface area contributed by atoms with E-state index in [2.05, 4.69) is 24.9 Å². The second-order valence-corrected chi connectivity index (χ2v) is 11.7. The van der Waals surface area contributed by atoms with Gasteiger partial charge < -0.3 is 24.7 Å². The molecule has 3 N–H and O–H groups in total. The molecule has 0 saturated heterocycles. The van der Waals surface area contributed by atoms with E-state index in [0.29, 0.717) is 34.3 Å². The van der Waals surface area contributed by atoms with Crippen molar-refractivity contribution in [1.82, 2.24) is 34.4 Å². The molecule has 4 aromatic rings. The van der Waals surface area contributed by atoms with Gasteiger partial charge in [-0.05, 0) is 53.0 Å². The van der Waals surface area contributed by atoms with Crippen molar-refractivity contribution >= 4 is 30.8 Å². The third kappa shape index (κ3) is 8.60. The van der Waals surface area contributed by atoms with E-state index in [-0.39, 0.29) is 17.8 Å². The zero-order chi connectivity index (χ0) is 29.6. The fourth-order valence-electron chi connectivity index (χ4n) is 3.86. The summed E-state index contributed by atoms with van der Waals surface area (Å²) in [6.45, 7) is 2.23. The maximum Gasteiger partial charge on any atom is 0.471 e. The highest BCUT2D eigenvalue weighted by molar-refractivity contribution is 7.46. The van der Waals surface area contributed by atoms with Gasteiger partial charge in [0.25, 0.3) is 5.91 Å². The number of thiazole rings is 1. The van der Waals surface area contributed by atoms with E-state index in [1.54, 1.807) is 11.6 Å². The topological polar surface area (TPSA) is 170 Å². The molecule has 16 heteroatoms. The molecule has 0 aliphatic heterocycles. The number of carbonyl (C=O) groups excluding carboxylic acids is 1. The Hall–Kier alpha value is -3.30. The van der Waals surface area contributed by atoms with E-state index in [1.807, 2.05) is 62.0 Å². The van der Waals surface area contributed by atoms with Crippen LogP contribution < -0.4 is 5.32 Å². The van der Waals surface area contributed by atoms with Crippen molar-refractivity contribution in [2.75, 3.05) is 33.1 Å². The monoisotopic (exact) mass is 604 g/mol. The number of nitrogens with one attached hydrogen (secondary N) is 1. The highest BCUT2D eigenvalue weighted by Gasteiger charge is 2.32. The number of anilines is 1. The molecule has 0 atom stereocenters. The number of hydrogen-bond donors (Lipinski definition) is 3. The predicted octanol–water partition coefficient (Wildman–Crippen LogP) is 3.50. The fraction of sp³-hybridized carbons (Fsp3) is 0.400. The van der Waals surface area contributed by atoms with Gasteiger partial charge in [-0.25, -0.2) is 14.2 Å². The number of aromatic nitrogens is 6. The predicted molar refractivity (Wildman–Crippen MR) is 153 cm³/mol. The number of phosphoric ester groups is 1. The molecule has 0 aromatic carbocycles. The molecular formula is C25H33N8O6PS. The number of amides is 1.